The van der Waals surface area contributed by atoms with Crippen molar-refractivity contribution in [1.82, 2.24) is 10.1 Å². The van der Waals surface area contributed by atoms with Crippen LogP contribution in [0, 0.1) is 0 Å². The monoisotopic (exact) mass is 283 g/mol. The van der Waals surface area contributed by atoms with E-state index in [1.54, 1.807) is 12.1 Å². The standard InChI is InChI=1S/C11H13N3O4S/c1-16-11(15)7(12)5-19-6-9-13-10(18-14-9)8-3-2-4-17-8/h2-4,7H,5-6,12H2,1H3. The second kappa shape index (κ2) is 6.39. The van der Waals surface area contributed by atoms with Gasteiger partial charge in [-0.2, -0.15) is 16.7 Å². The number of aromatic nitrogens is 2. The van der Waals surface area contributed by atoms with Gasteiger partial charge in [0, 0.05) is 5.75 Å². The summed E-state index contributed by atoms with van der Waals surface area (Å²) < 4.78 is 14.7. The molecule has 0 aliphatic heterocycles. The molecule has 0 aromatic carbocycles. The zero-order valence-corrected chi connectivity index (χ0v) is 11.1. The van der Waals surface area contributed by atoms with Gasteiger partial charge in [0.05, 0.1) is 19.1 Å². The van der Waals surface area contributed by atoms with Gasteiger partial charge in [0.1, 0.15) is 6.04 Å². The van der Waals surface area contributed by atoms with Gasteiger partial charge in [0.15, 0.2) is 11.6 Å². The molecule has 0 saturated carbocycles. The molecule has 0 radical (unpaired) electrons. The maximum atomic E-state index is 11.1. The van der Waals surface area contributed by atoms with Crippen molar-refractivity contribution < 1.29 is 18.5 Å². The third-order valence-corrected chi connectivity index (χ3v) is 3.29. The lowest BCUT2D eigenvalue weighted by Crippen LogP contribution is -2.33. The molecular formula is C11H13N3O4S. The van der Waals surface area contributed by atoms with Crippen molar-refractivity contribution in [2.75, 3.05) is 12.9 Å². The molecule has 2 N–H and O–H groups in total. The quantitative estimate of drug-likeness (QED) is 0.785. The SMILES string of the molecule is COC(=O)C(N)CSCc1noc(-c2ccco2)n1. The molecular weight excluding hydrogens is 270 g/mol. The molecule has 0 fully saturated rings. The van der Waals surface area contributed by atoms with E-state index in [0.717, 1.165) is 0 Å². The first-order valence-electron chi connectivity index (χ1n) is 5.48. The van der Waals surface area contributed by atoms with Crippen LogP contribution in [0.5, 0.6) is 0 Å². The molecule has 0 aliphatic carbocycles. The van der Waals surface area contributed by atoms with Crippen LogP contribution in [0.25, 0.3) is 11.7 Å². The lowest BCUT2D eigenvalue weighted by atomic mass is 10.4. The Hall–Kier alpha value is -1.80. The van der Waals surface area contributed by atoms with Crippen LogP contribution in [-0.2, 0) is 15.3 Å². The summed E-state index contributed by atoms with van der Waals surface area (Å²) >= 11 is 1.43. The van der Waals surface area contributed by atoms with Gasteiger partial charge >= 0.3 is 5.97 Å². The van der Waals surface area contributed by atoms with Gasteiger partial charge in [-0.25, -0.2) is 0 Å². The first kappa shape index (κ1) is 13.6. The fraction of sp³-hybridized carbons (Fsp3) is 0.364. The van der Waals surface area contributed by atoms with Gasteiger partial charge in [-0.1, -0.05) is 5.16 Å². The number of carbonyl (C=O) groups excluding carboxylic acids is 1. The van der Waals surface area contributed by atoms with Crippen LogP contribution in [0.1, 0.15) is 5.82 Å². The van der Waals surface area contributed by atoms with E-state index < -0.39 is 12.0 Å². The Bertz CT molecular complexity index is 526. The summed E-state index contributed by atoms with van der Waals surface area (Å²) in [5.41, 5.74) is 5.60. The zero-order chi connectivity index (χ0) is 13.7. The minimum Gasteiger partial charge on any atom is -0.468 e. The molecule has 0 bridgehead atoms. The van der Waals surface area contributed by atoms with Gasteiger partial charge in [0.2, 0.25) is 0 Å². The molecule has 19 heavy (non-hydrogen) atoms. The van der Waals surface area contributed by atoms with Gasteiger partial charge in [0.25, 0.3) is 5.89 Å². The summed E-state index contributed by atoms with van der Waals surface area (Å²) in [4.78, 5) is 15.3. The van der Waals surface area contributed by atoms with Crippen molar-refractivity contribution in [3.8, 4) is 11.7 Å². The first-order valence-corrected chi connectivity index (χ1v) is 6.64. The van der Waals surface area contributed by atoms with Crippen molar-refractivity contribution in [3.05, 3.63) is 24.2 Å². The van der Waals surface area contributed by atoms with E-state index in [-0.39, 0.29) is 0 Å². The number of furan rings is 1. The summed E-state index contributed by atoms with van der Waals surface area (Å²) in [6, 6.07) is 2.83. The van der Waals surface area contributed by atoms with E-state index in [1.165, 1.54) is 25.1 Å². The minimum atomic E-state index is -0.647. The largest absolute Gasteiger partial charge is 0.468 e. The van der Waals surface area contributed by atoms with Crippen LogP contribution in [0.2, 0.25) is 0 Å². The zero-order valence-electron chi connectivity index (χ0n) is 10.2. The topological polar surface area (TPSA) is 104 Å². The van der Waals surface area contributed by atoms with Crippen LogP contribution in [-0.4, -0.2) is 35.0 Å². The Kier molecular flexibility index (Phi) is 4.58. The molecule has 0 aliphatic rings. The molecule has 1 unspecified atom stereocenters. The van der Waals surface area contributed by atoms with E-state index in [9.17, 15) is 4.79 Å². The minimum absolute atomic E-state index is 0.331. The average molecular weight is 283 g/mol. The summed E-state index contributed by atoms with van der Waals surface area (Å²) in [7, 11) is 1.31. The Morgan fingerprint density at radius 3 is 3.16 bits per heavy atom. The molecule has 8 heteroatoms. The number of carbonyl (C=O) groups is 1. The van der Waals surface area contributed by atoms with E-state index in [4.69, 9.17) is 14.7 Å². The van der Waals surface area contributed by atoms with Crippen LogP contribution >= 0.6 is 11.8 Å². The molecule has 2 heterocycles. The van der Waals surface area contributed by atoms with Crippen molar-refractivity contribution >= 4 is 17.7 Å². The Morgan fingerprint density at radius 2 is 2.47 bits per heavy atom. The van der Waals surface area contributed by atoms with Crippen LogP contribution in [0.4, 0.5) is 0 Å². The molecule has 2 rings (SSSR count). The second-order valence-corrected chi connectivity index (χ2v) is 4.67. The molecule has 2 aromatic rings. The van der Waals surface area contributed by atoms with Gasteiger partial charge in [-0.15, -0.1) is 0 Å². The highest BCUT2D eigenvalue weighted by Gasteiger charge is 2.15. The maximum Gasteiger partial charge on any atom is 0.323 e. The molecule has 2 aromatic heterocycles. The van der Waals surface area contributed by atoms with Gasteiger partial charge in [-0.05, 0) is 12.1 Å². The highest BCUT2D eigenvalue weighted by molar-refractivity contribution is 7.98. The van der Waals surface area contributed by atoms with E-state index in [1.807, 2.05) is 0 Å². The van der Waals surface area contributed by atoms with Crippen LogP contribution in [0.3, 0.4) is 0 Å². The lowest BCUT2D eigenvalue weighted by molar-refractivity contribution is -0.141. The average Bonchev–Trinajstić information content (AvgIpc) is 3.07. The third-order valence-electron chi connectivity index (χ3n) is 2.23. The van der Waals surface area contributed by atoms with Crippen molar-refractivity contribution in [2.24, 2.45) is 5.73 Å². The highest BCUT2D eigenvalue weighted by atomic mass is 32.2. The number of esters is 1. The van der Waals surface area contributed by atoms with Gasteiger partial charge in [-0.3, -0.25) is 4.79 Å². The van der Waals surface area contributed by atoms with Crippen molar-refractivity contribution in [2.45, 2.75) is 11.8 Å². The molecule has 102 valence electrons. The lowest BCUT2D eigenvalue weighted by Gasteiger charge is -2.06. The number of rotatable bonds is 6. The fourth-order valence-corrected chi connectivity index (χ4v) is 2.12. The summed E-state index contributed by atoms with van der Waals surface area (Å²) in [6.07, 6.45) is 1.53. The number of methoxy groups -OCH3 is 1. The molecule has 0 amide bonds. The Morgan fingerprint density at radius 1 is 1.63 bits per heavy atom. The number of nitrogens with zero attached hydrogens (tertiary/aromatic N) is 2. The number of hydrogen-bond acceptors (Lipinski definition) is 8. The fourth-order valence-electron chi connectivity index (χ4n) is 1.31. The highest BCUT2D eigenvalue weighted by Crippen LogP contribution is 2.19. The van der Waals surface area contributed by atoms with E-state index in [0.29, 0.717) is 29.0 Å². The number of hydrogen-bond donors (Lipinski definition) is 1. The first-order chi connectivity index (χ1) is 9.20. The van der Waals surface area contributed by atoms with Gasteiger partial charge < -0.3 is 19.4 Å². The molecule has 0 saturated heterocycles. The van der Waals surface area contributed by atoms with E-state index >= 15 is 0 Å². The van der Waals surface area contributed by atoms with Crippen LogP contribution in [0.15, 0.2) is 27.3 Å². The molecule has 7 nitrogen and oxygen atoms in total. The number of ether oxygens (including phenoxy) is 1. The number of thioether (sulfide) groups is 1. The predicted molar refractivity (Wildman–Crippen MR) is 68.2 cm³/mol. The second-order valence-electron chi connectivity index (χ2n) is 3.64. The van der Waals surface area contributed by atoms with Crippen LogP contribution < -0.4 is 5.73 Å². The smallest absolute Gasteiger partial charge is 0.323 e. The maximum absolute atomic E-state index is 11.1. The van der Waals surface area contributed by atoms with Crippen molar-refractivity contribution in [1.29, 1.82) is 0 Å². The third kappa shape index (κ3) is 3.58. The molecule has 0 spiro atoms. The summed E-state index contributed by atoms with van der Waals surface area (Å²) in [5, 5.41) is 3.81. The summed E-state index contributed by atoms with van der Waals surface area (Å²) in [6.45, 7) is 0. The molecule has 1 atom stereocenters. The summed E-state index contributed by atoms with van der Waals surface area (Å²) in [5.74, 6) is 1.87. The predicted octanol–water partition coefficient (Wildman–Crippen LogP) is 1.06. The Balaban J connectivity index is 1.83. The Labute approximate surface area is 113 Å². The normalized spacial score (nSPS) is 12.3. The van der Waals surface area contributed by atoms with E-state index in [2.05, 4.69) is 14.9 Å². The number of nitrogens with two attached hydrogens (primary N) is 1. The van der Waals surface area contributed by atoms with Crippen molar-refractivity contribution in [3.63, 3.8) is 0 Å².